The number of nitrogen functional groups attached to an aromatic ring is 1. The van der Waals surface area contributed by atoms with Crippen molar-refractivity contribution in [2.24, 2.45) is 5.92 Å². The number of benzene rings is 4. The fourth-order valence-electron chi connectivity index (χ4n) is 5.22. The standard InChI is InChI=1S/C25H19NS.C14H16.C7H9N/c1-16-11-12-19(14-18(3)20(15-26)13-17(16)2)21-8-6-9-23-22-7-4-5-10-24(22)27-25(21)23;1-3-4-5-7-10-13(2)14-11-8-6-9-12-14;1-6-2-4-7(8)5-3-6/h4-14,18H,1-2H2,3H3;3-13H,1H2,2H3;2-5H,8H2,1H3/b12-11-,19-14+,20-13-;5-4-,10-7?;. The number of fused-ring (bicyclic) bond motifs is 3. The number of thiophene rings is 1. The lowest BCUT2D eigenvalue weighted by Crippen LogP contribution is -1.95. The van der Waals surface area contributed by atoms with E-state index in [4.69, 9.17) is 5.73 Å². The van der Waals surface area contributed by atoms with Crippen LogP contribution in [0.4, 0.5) is 5.69 Å². The first-order valence-electron chi connectivity index (χ1n) is 16.3. The fraction of sp³-hybridized carbons (Fsp3) is 0.109. The van der Waals surface area contributed by atoms with Gasteiger partial charge in [0.15, 0.2) is 0 Å². The van der Waals surface area contributed by atoms with Crippen LogP contribution in [0.5, 0.6) is 0 Å². The van der Waals surface area contributed by atoms with Crippen LogP contribution in [0.25, 0.3) is 25.7 Å². The smallest absolute Gasteiger partial charge is 0.0953 e. The third-order valence-corrected chi connectivity index (χ3v) is 9.35. The van der Waals surface area contributed by atoms with Gasteiger partial charge in [-0.3, -0.25) is 0 Å². The number of nitrogens with two attached hydrogens (primary N) is 1. The van der Waals surface area contributed by atoms with Gasteiger partial charge in [0.1, 0.15) is 0 Å². The van der Waals surface area contributed by atoms with Gasteiger partial charge >= 0.3 is 0 Å². The van der Waals surface area contributed by atoms with Crippen molar-refractivity contribution in [3.8, 4) is 6.07 Å². The number of allylic oxidation sites excluding steroid dienone is 13. The number of hydrogen-bond acceptors (Lipinski definition) is 3. The molecule has 0 fully saturated rings. The number of nitrogens with zero attached hydrogens (tertiary/aromatic N) is 1. The van der Waals surface area contributed by atoms with Crippen LogP contribution in [0.2, 0.25) is 0 Å². The third kappa shape index (κ3) is 10.1. The van der Waals surface area contributed by atoms with E-state index in [9.17, 15) is 5.26 Å². The van der Waals surface area contributed by atoms with Crippen molar-refractivity contribution in [1.29, 1.82) is 5.26 Å². The van der Waals surface area contributed by atoms with Gasteiger partial charge in [-0.1, -0.05) is 167 Å². The maximum atomic E-state index is 9.56. The molecule has 2 nitrogen and oxygen atoms in total. The van der Waals surface area contributed by atoms with E-state index in [1.54, 1.807) is 6.08 Å². The van der Waals surface area contributed by atoms with Crippen LogP contribution in [-0.4, -0.2) is 0 Å². The molecule has 3 heteroatoms. The zero-order valence-electron chi connectivity index (χ0n) is 28.6. The first kappa shape index (κ1) is 36.2. The molecule has 0 saturated carbocycles. The fourth-order valence-corrected chi connectivity index (χ4v) is 6.46. The van der Waals surface area contributed by atoms with E-state index in [1.807, 2.05) is 72.9 Å². The van der Waals surface area contributed by atoms with E-state index >= 15 is 0 Å². The van der Waals surface area contributed by atoms with E-state index < -0.39 is 0 Å². The maximum Gasteiger partial charge on any atom is 0.0953 e. The molecule has 1 aliphatic carbocycles. The average Bonchev–Trinajstić information content (AvgIpc) is 3.53. The van der Waals surface area contributed by atoms with Gasteiger partial charge in [0.2, 0.25) is 0 Å². The minimum Gasteiger partial charge on any atom is -0.399 e. The first-order valence-corrected chi connectivity index (χ1v) is 17.2. The van der Waals surface area contributed by atoms with Crippen LogP contribution in [0.3, 0.4) is 0 Å². The molecule has 6 rings (SSSR count). The molecule has 0 radical (unpaired) electrons. The molecule has 0 amide bonds. The molecule has 5 aromatic rings. The molecular weight excluding hydrogens is 613 g/mol. The molecule has 1 aromatic heterocycles. The molecule has 0 aliphatic heterocycles. The molecule has 49 heavy (non-hydrogen) atoms. The second-order valence-corrected chi connectivity index (χ2v) is 13.0. The van der Waals surface area contributed by atoms with Crippen molar-refractivity contribution in [1.82, 2.24) is 0 Å². The topological polar surface area (TPSA) is 49.8 Å². The second kappa shape index (κ2) is 18.0. The average molecular weight is 657 g/mol. The Morgan fingerprint density at radius 3 is 2.20 bits per heavy atom. The monoisotopic (exact) mass is 656 g/mol. The van der Waals surface area contributed by atoms with Crippen molar-refractivity contribution in [3.63, 3.8) is 0 Å². The Bertz CT molecular complexity index is 2090. The van der Waals surface area contributed by atoms with Gasteiger partial charge in [-0.15, -0.1) is 11.3 Å². The number of anilines is 1. The second-order valence-electron chi connectivity index (χ2n) is 11.9. The molecule has 1 aliphatic rings. The lowest BCUT2D eigenvalue weighted by atomic mass is 9.94. The zero-order chi connectivity index (χ0) is 35.2. The molecule has 1 heterocycles. The summed E-state index contributed by atoms with van der Waals surface area (Å²) in [5, 5.41) is 12.1. The Morgan fingerprint density at radius 2 is 1.51 bits per heavy atom. The summed E-state index contributed by atoms with van der Waals surface area (Å²) in [5.41, 5.74) is 13.5. The lowest BCUT2D eigenvalue weighted by Gasteiger charge is -2.09. The van der Waals surface area contributed by atoms with Gasteiger partial charge in [-0.05, 0) is 65.0 Å². The van der Waals surface area contributed by atoms with Gasteiger partial charge in [0.25, 0.3) is 0 Å². The Labute approximate surface area is 296 Å². The Morgan fingerprint density at radius 1 is 0.816 bits per heavy atom. The van der Waals surface area contributed by atoms with Crippen LogP contribution in [-0.2, 0) is 0 Å². The number of nitriles is 1. The van der Waals surface area contributed by atoms with Crippen LogP contribution in [0.15, 0.2) is 188 Å². The highest BCUT2D eigenvalue weighted by molar-refractivity contribution is 7.26. The molecule has 0 saturated heterocycles. The molecule has 2 unspecified atom stereocenters. The summed E-state index contributed by atoms with van der Waals surface area (Å²) < 4.78 is 2.56. The minimum atomic E-state index is 0.00179. The van der Waals surface area contributed by atoms with Crippen molar-refractivity contribution >= 4 is 42.8 Å². The predicted octanol–water partition coefficient (Wildman–Crippen LogP) is 12.9. The number of rotatable bonds is 5. The highest BCUT2D eigenvalue weighted by Crippen LogP contribution is 2.39. The summed E-state index contributed by atoms with van der Waals surface area (Å²) in [5.74, 6) is 0.465. The predicted molar refractivity (Wildman–Crippen MR) is 217 cm³/mol. The van der Waals surface area contributed by atoms with Crippen LogP contribution >= 0.6 is 11.3 Å². The zero-order valence-corrected chi connectivity index (χ0v) is 29.5. The SMILES string of the molecule is C=C/C=C\C=CC(C)c1ccccc1.C=C1/C=C\C(c2cccc3c2sc2ccccc23)=C/C(C)/C(C#N)=C\C1=C.Cc1ccc(N)cc1. The van der Waals surface area contributed by atoms with E-state index in [0.29, 0.717) is 11.5 Å². The van der Waals surface area contributed by atoms with Crippen LogP contribution in [0, 0.1) is 24.2 Å². The molecular formula is C46H44N2S. The van der Waals surface area contributed by atoms with Crippen molar-refractivity contribution in [3.05, 3.63) is 205 Å². The van der Waals surface area contributed by atoms with Crippen molar-refractivity contribution in [2.75, 3.05) is 5.73 Å². The number of aryl methyl sites for hydroxylation is 1. The van der Waals surface area contributed by atoms with Gasteiger partial charge in [-0.2, -0.15) is 5.26 Å². The Kier molecular flexibility index (Phi) is 13.3. The molecule has 2 N–H and O–H groups in total. The van der Waals surface area contributed by atoms with Gasteiger partial charge in [0, 0.05) is 37.4 Å². The maximum absolute atomic E-state index is 9.56. The summed E-state index contributed by atoms with van der Waals surface area (Å²) in [6.07, 6.45) is 18.0. The van der Waals surface area contributed by atoms with E-state index in [2.05, 4.69) is 131 Å². The highest BCUT2D eigenvalue weighted by Gasteiger charge is 2.14. The molecule has 2 atom stereocenters. The summed E-state index contributed by atoms with van der Waals surface area (Å²) >= 11 is 1.81. The number of hydrogen-bond donors (Lipinski definition) is 1. The first-order chi connectivity index (χ1) is 23.7. The quantitative estimate of drug-likeness (QED) is 0.151. The van der Waals surface area contributed by atoms with Crippen molar-refractivity contribution < 1.29 is 0 Å². The normalized spacial score (nSPS) is 18.0. The van der Waals surface area contributed by atoms with Gasteiger partial charge in [0.05, 0.1) is 6.07 Å². The molecule has 244 valence electrons. The third-order valence-electron chi connectivity index (χ3n) is 8.13. The minimum absolute atomic E-state index is 0.00179. The Balaban J connectivity index is 0.000000204. The van der Waals surface area contributed by atoms with Gasteiger partial charge in [-0.25, -0.2) is 0 Å². The summed E-state index contributed by atoms with van der Waals surface area (Å²) in [6.45, 7) is 18.0. The Hall–Kier alpha value is -5.69. The van der Waals surface area contributed by atoms with Crippen molar-refractivity contribution in [2.45, 2.75) is 26.7 Å². The van der Waals surface area contributed by atoms with Gasteiger partial charge < -0.3 is 5.73 Å². The van der Waals surface area contributed by atoms with Crippen LogP contribution in [0.1, 0.15) is 36.5 Å². The van der Waals surface area contributed by atoms with E-state index in [0.717, 1.165) is 22.4 Å². The summed E-state index contributed by atoms with van der Waals surface area (Å²) in [4.78, 5) is 0. The molecule has 0 bridgehead atoms. The molecule has 0 spiro atoms. The lowest BCUT2D eigenvalue weighted by molar-refractivity contribution is 0.897. The largest absolute Gasteiger partial charge is 0.399 e. The summed E-state index contributed by atoms with van der Waals surface area (Å²) in [6, 6.07) is 35.5. The van der Waals surface area contributed by atoms with E-state index in [-0.39, 0.29) is 5.92 Å². The highest BCUT2D eigenvalue weighted by atomic mass is 32.1. The van der Waals surface area contributed by atoms with E-state index in [1.165, 1.54) is 36.9 Å². The summed E-state index contributed by atoms with van der Waals surface area (Å²) in [7, 11) is 0. The molecule has 4 aromatic carbocycles. The van der Waals surface area contributed by atoms with Crippen LogP contribution < -0.4 is 5.73 Å².